The van der Waals surface area contributed by atoms with Crippen molar-refractivity contribution in [2.24, 2.45) is 16.6 Å². The highest BCUT2D eigenvalue weighted by molar-refractivity contribution is 8.40. The number of thioether (sulfide) groups is 2. The van der Waals surface area contributed by atoms with E-state index in [2.05, 4.69) is 5.10 Å². The first-order valence-electron chi connectivity index (χ1n) is 8.41. The van der Waals surface area contributed by atoms with E-state index in [0.717, 1.165) is 30.7 Å². The van der Waals surface area contributed by atoms with Gasteiger partial charge in [-0.25, -0.2) is 0 Å². The molecule has 1 heterocycles. The summed E-state index contributed by atoms with van der Waals surface area (Å²) >= 11 is 2.63. The standard InChI is InChI=1S/C18H18F3N5S2/c1-10(23)6-15-16(24)28-17(25-26(15)14-4-5-14)27-9-11-2-3-13(18(19,20)21)7-12(11)8-22/h2-3,6-7,14H,4-5,9,23-24H2,1H3/b10-6-. The van der Waals surface area contributed by atoms with Gasteiger partial charge < -0.3 is 11.5 Å². The van der Waals surface area contributed by atoms with Gasteiger partial charge in [-0.1, -0.05) is 17.8 Å². The Labute approximate surface area is 169 Å². The molecule has 10 heteroatoms. The van der Waals surface area contributed by atoms with E-state index in [1.165, 1.54) is 29.6 Å². The molecule has 1 aromatic carbocycles. The Morgan fingerprint density at radius 1 is 1.46 bits per heavy atom. The lowest BCUT2D eigenvalue weighted by molar-refractivity contribution is -0.137. The van der Waals surface area contributed by atoms with Crippen LogP contribution in [0, 0.1) is 11.3 Å². The minimum absolute atomic E-state index is 0.00803. The van der Waals surface area contributed by atoms with Crippen LogP contribution < -0.4 is 11.5 Å². The number of hydrogen-bond acceptors (Lipinski definition) is 7. The number of hydrazone groups is 1. The first-order valence-corrected chi connectivity index (χ1v) is 10.2. The molecular formula is C18H18F3N5S2. The monoisotopic (exact) mass is 425 g/mol. The second-order valence-corrected chi connectivity index (χ2v) is 8.70. The average Bonchev–Trinajstić information content (AvgIpc) is 3.45. The Bertz CT molecular complexity index is 907. The van der Waals surface area contributed by atoms with Gasteiger partial charge in [0, 0.05) is 11.4 Å². The molecule has 28 heavy (non-hydrogen) atoms. The topological polar surface area (TPSA) is 91.4 Å². The summed E-state index contributed by atoms with van der Waals surface area (Å²) < 4.78 is 39.2. The maximum absolute atomic E-state index is 12.8. The fourth-order valence-electron chi connectivity index (χ4n) is 2.55. The highest BCUT2D eigenvalue weighted by Gasteiger charge is 2.34. The molecule has 0 amide bonds. The van der Waals surface area contributed by atoms with E-state index in [4.69, 9.17) is 11.5 Å². The lowest BCUT2D eigenvalue weighted by atomic mass is 10.1. The number of benzene rings is 1. The molecule has 0 spiro atoms. The zero-order valence-corrected chi connectivity index (χ0v) is 16.6. The van der Waals surface area contributed by atoms with Crippen molar-refractivity contribution in [2.45, 2.75) is 37.7 Å². The molecule has 1 aliphatic carbocycles. The molecule has 3 rings (SSSR count). The first-order chi connectivity index (χ1) is 13.2. The van der Waals surface area contributed by atoms with Gasteiger partial charge in [-0.15, -0.1) is 0 Å². The van der Waals surface area contributed by atoms with Crippen LogP contribution in [0.3, 0.4) is 0 Å². The van der Waals surface area contributed by atoms with Gasteiger partial charge in [-0.3, -0.25) is 5.01 Å². The van der Waals surface area contributed by atoms with Crippen LogP contribution in [0.15, 0.2) is 45.8 Å². The largest absolute Gasteiger partial charge is 0.416 e. The first kappa shape index (κ1) is 20.5. The third kappa shape index (κ3) is 4.77. The molecular weight excluding hydrogens is 407 g/mol. The van der Waals surface area contributed by atoms with Gasteiger partial charge in [0.2, 0.25) is 0 Å². The summed E-state index contributed by atoms with van der Waals surface area (Å²) in [6.45, 7) is 1.78. The highest BCUT2D eigenvalue weighted by atomic mass is 32.2. The molecule has 1 saturated carbocycles. The second-order valence-electron chi connectivity index (χ2n) is 6.45. The van der Waals surface area contributed by atoms with Gasteiger partial charge >= 0.3 is 6.18 Å². The van der Waals surface area contributed by atoms with Crippen LogP contribution in [0.5, 0.6) is 0 Å². The van der Waals surface area contributed by atoms with Gasteiger partial charge in [0.1, 0.15) is 0 Å². The minimum atomic E-state index is -4.48. The van der Waals surface area contributed by atoms with Crippen LogP contribution in [0.4, 0.5) is 13.2 Å². The van der Waals surface area contributed by atoms with Gasteiger partial charge in [0.25, 0.3) is 0 Å². The van der Waals surface area contributed by atoms with Crippen LogP contribution >= 0.6 is 23.5 Å². The van der Waals surface area contributed by atoms with Crippen LogP contribution in [0.2, 0.25) is 0 Å². The van der Waals surface area contributed by atoms with Crippen molar-refractivity contribution >= 4 is 27.9 Å². The van der Waals surface area contributed by atoms with Crippen molar-refractivity contribution in [3.05, 3.63) is 57.4 Å². The zero-order chi connectivity index (χ0) is 20.5. The summed E-state index contributed by atoms with van der Waals surface area (Å²) in [5.74, 6) is 0.319. The number of allylic oxidation sites excluding steroid dienone is 2. The summed E-state index contributed by atoms with van der Waals surface area (Å²) in [5, 5.41) is 16.3. The molecule has 0 aromatic heterocycles. The maximum Gasteiger partial charge on any atom is 0.416 e. The van der Waals surface area contributed by atoms with Crippen LogP contribution in [-0.2, 0) is 11.9 Å². The average molecular weight is 426 g/mol. The molecule has 0 saturated heterocycles. The number of alkyl halides is 3. The number of hydrogen-bond donors (Lipinski definition) is 2. The molecule has 5 nitrogen and oxygen atoms in total. The van der Waals surface area contributed by atoms with Crippen molar-refractivity contribution in [1.82, 2.24) is 5.01 Å². The lowest BCUT2D eigenvalue weighted by Gasteiger charge is -2.27. The smallest absolute Gasteiger partial charge is 0.402 e. The molecule has 0 atom stereocenters. The molecule has 0 bridgehead atoms. The Morgan fingerprint density at radius 2 is 2.18 bits per heavy atom. The maximum atomic E-state index is 12.8. The second kappa shape index (κ2) is 8.01. The third-order valence-corrected chi connectivity index (χ3v) is 6.12. The summed E-state index contributed by atoms with van der Waals surface area (Å²) in [6, 6.07) is 5.33. The van der Waals surface area contributed by atoms with Crippen molar-refractivity contribution < 1.29 is 13.2 Å². The summed E-state index contributed by atoms with van der Waals surface area (Å²) in [6.07, 6.45) is -0.666. The van der Waals surface area contributed by atoms with Crippen LogP contribution in [0.1, 0.15) is 36.5 Å². The number of nitrogens with zero attached hydrogens (tertiary/aromatic N) is 3. The molecule has 0 radical (unpaired) electrons. The fraction of sp³-hybridized carbons (Fsp3) is 0.333. The van der Waals surface area contributed by atoms with Crippen molar-refractivity contribution in [3.63, 3.8) is 0 Å². The third-order valence-electron chi connectivity index (χ3n) is 4.05. The van der Waals surface area contributed by atoms with Crippen molar-refractivity contribution in [3.8, 4) is 6.07 Å². The van der Waals surface area contributed by atoms with Gasteiger partial charge in [0.15, 0.2) is 4.38 Å². The lowest BCUT2D eigenvalue weighted by Crippen LogP contribution is -2.26. The molecule has 0 unspecified atom stereocenters. The van der Waals surface area contributed by atoms with E-state index in [9.17, 15) is 18.4 Å². The van der Waals surface area contributed by atoms with Gasteiger partial charge in [-0.2, -0.15) is 23.5 Å². The summed E-state index contributed by atoms with van der Waals surface area (Å²) in [7, 11) is 0. The Balaban J connectivity index is 1.77. The van der Waals surface area contributed by atoms with Crippen molar-refractivity contribution in [1.29, 1.82) is 5.26 Å². The van der Waals surface area contributed by atoms with Crippen molar-refractivity contribution in [2.75, 3.05) is 0 Å². The van der Waals surface area contributed by atoms with Gasteiger partial charge in [-0.05, 0) is 55.3 Å². The van der Waals surface area contributed by atoms with E-state index in [1.54, 1.807) is 13.0 Å². The number of rotatable bonds is 4. The highest BCUT2D eigenvalue weighted by Crippen LogP contribution is 2.40. The zero-order valence-electron chi connectivity index (χ0n) is 15.0. The number of nitrogens with two attached hydrogens (primary N) is 2. The summed E-state index contributed by atoms with van der Waals surface area (Å²) in [5.41, 5.74) is 13.1. The van der Waals surface area contributed by atoms with E-state index < -0.39 is 11.7 Å². The molecule has 148 valence electrons. The molecule has 4 N–H and O–H groups in total. The minimum Gasteiger partial charge on any atom is -0.402 e. The quantitative estimate of drug-likeness (QED) is 0.748. The predicted octanol–water partition coefficient (Wildman–Crippen LogP) is 4.28. The Kier molecular flexibility index (Phi) is 5.86. The molecule has 1 aromatic rings. The Hall–Kier alpha value is -2.25. The molecule has 2 aliphatic rings. The SMILES string of the molecule is C/C(N)=C/C1=C(N)SC(SCc2ccc(C(F)(F)F)cc2C#N)=NN1C1CC1. The van der Waals surface area contributed by atoms with Gasteiger partial charge in [0.05, 0.1) is 34.0 Å². The van der Waals surface area contributed by atoms with Crippen LogP contribution in [-0.4, -0.2) is 15.4 Å². The number of halogens is 3. The van der Waals surface area contributed by atoms with Crippen LogP contribution in [0.25, 0.3) is 0 Å². The normalized spacial score (nSPS) is 18.2. The van der Waals surface area contributed by atoms with E-state index in [-0.39, 0.29) is 11.6 Å². The fourth-order valence-corrected chi connectivity index (χ4v) is 4.48. The molecule has 1 aliphatic heterocycles. The van der Waals surface area contributed by atoms with E-state index >= 15 is 0 Å². The predicted molar refractivity (Wildman–Crippen MR) is 106 cm³/mol. The van der Waals surface area contributed by atoms with E-state index in [0.29, 0.717) is 26.4 Å². The molecule has 1 fully saturated rings. The van der Waals surface area contributed by atoms with E-state index in [1.807, 2.05) is 11.1 Å². The Morgan fingerprint density at radius 3 is 2.75 bits per heavy atom. The number of nitriles is 1. The summed E-state index contributed by atoms with van der Waals surface area (Å²) in [4.78, 5) is 0.